The first-order valence-electron chi connectivity index (χ1n) is 6.29. The predicted octanol–water partition coefficient (Wildman–Crippen LogP) is 1.27. The zero-order valence-corrected chi connectivity index (χ0v) is 14.0. The van der Waals surface area contributed by atoms with Gasteiger partial charge in [0.15, 0.2) is 0 Å². The summed E-state index contributed by atoms with van der Waals surface area (Å²) in [6.45, 7) is 1.97. The van der Waals surface area contributed by atoms with Crippen molar-refractivity contribution in [2.24, 2.45) is 0 Å². The molecule has 0 rings (SSSR count). The lowest BCUT2D eigenvalue weighted by Gasteiger charge is -2.06. The second-order valence-corrected chi connectivity index (χ2v) is 5.24. The van der Waals surface area contributed by atoms with Crippen LogP contribution in [-0.4, -0.2) is 54.5 Å². The number of thiol groups is 1. The molecule has 0 spiro atoms. The van der Waals surface area contributed by atoms with E-state index in [9.17, 15) is 14.7 Å². The predicted molar refractivity (Wildman–Crippen MR) is 87.3 cm³/mol. The molecule has 0 aromatic heterocycles. The summed E-state index contributed by atoms with van der Waals surface area (Å²) in [7, 11) is 1.24. The Balaban J connectivity index is 0. The van der Waals surface area contributed by atoms with Gasteiger partial charge in [0.05, 0.1) is 19.6 Å². The lowest BCUT2D eigenvalue weighted by Crippen LogP contribution is -2.32. The van der Waals surface area contributed by atoms with Crippen LogP contribution in [0.25, 0.3) is 0 Å². The van der Waals surface area contributed by atoms with E-state index in [-0.39, 0.29) is 13.0 Å². The normalized spacial score (nSPS) is 11.4. The Labute approximate surface area is 130 Å². The number of ether oxygens (including phenoxy) is 1. The Bertz CT molecular complexity index is 284. The van der Waals surface area contributed by atoms with E-state index in [1.54, 1.807) is 6.08 Å². The van der Waals surface area contributed by atoms with Gasteiger partial charge in [0, 0.05) is 0 Å². The highest BCUT2D eigenvalue weighted by atomic mass is 32.2. The van der Waals surface area contributed by atoms with Crippen LogP contribution in [0.1, 0.15) is 19.8 Å². The minimum absolute atomic E-state index is 0.0694. The van der Waals surface area contributed by atoms with Crippen molar-refractivity contribution in [1.29, 1.82) is 0 Å². The van der Waals surface area contributed by atoms with Crippen molar-refractivity contribution >= 4 is 36.3 Å². The van der Waals surface area contributed by atoms with Gasteiger partial charge in [-0.2, -0.15) is 24.4 Å². The summed E-state index contributed by atoms with van der Waals surface area (Å²) >= 11 is 5.85. The fourth-order valence-electron chi connectivity index (χ4n) is 0.901. The molecule has 0 heterocycles. The maximum absolute atomic E-state index is 11.2. The highest BCUT2D eigenvalue weighted by Gasteiger charge is 2.09. The number of allylic oxidation sites excluding steroid dienone is 1. The molecule has 7 heteroatoms. The summed E-state index contributed by atoms with van der Waals surface area (Å²) in [5.74, 6) is 1.01. The fourth-order valence-corrected chi connectivity index (χ4v) is 1.05. The summed E-state index contributed by atoms with van der Waals surface area (Å²) in [5.41, 5.74) is 0. The second-order valence-electron chi connectivity index (χ2n) is 3.64. The first-order chi connectivity index (χ1) is 9.51. The first-order valence-corrected chi connectivity index (χ1v) is 8.32. The maximum atomic E-state index is 11.2. The number of hydrogen-bond donors (Lipinski definition) is 3. The molecule has 1 unspecified atom stereocenters. The maximum Gasteiger partial charge on any atom is 0.325 e. The highest BCUT2D eigenvalue weighted by Crippen LogP contribution is 1.96. The smallest absolute Gasteiger partial charge is 0.325 e. The molecule has 0 saturated heterocycles. The van der Waals surface area contributed by atoms with Crippen molar-refractivity contribution in [1.82, 2.24) is 5.32 Å². The Hall–Kier alpha value is -0.660. The van der Waals surface area contributed by atoms with E-state index in [1.807, 2.05) is 11.8 Å². The number of carbonyl (C=O) groups excluding carboxylic acids is 2. The van der Waals surface area contributed by atoms with Crippen LogP contribution in [0.15, 0.2) is 12.2 Å². The molecule has 0 aliphatic heterocycles. The third-order valence-corrected chi connectivity index (χ3v) is 2.83. The van der Waals surface area contributed by atoms with E-state index in [1.165, 1.54) is 18.9 Å². The SMILES string of the molecule is CCSC.COC(=O)CNC(=O)CC(O)/C=C/CCS. The van der Waals surface area contributed by atoms with E-state index in [4.69, 9.17) is 0 Å². The molecule has 118 valence electrons. The molecule has 0 aromatic carbocycles. The standard InChI is InChI=1S/C10H17NO4S.C3H8S/c1-15-10(14)7-11-9(13)6-8(12)4-2-3-5-16;1-3-4-2/h2,4,8,12,16H,3,5-7H2,1H3,(H,11,13);3H2,1-2H3/b4-2+;. The molecule has 0 saturated carbocycles. The zero-order valence-electron chi connectivity index (χ0n) is 12.3. The molecule has 1 amide bonds. The summed E-state index contributed by atoms with van der Waals surface area (Å²) < 4.78 is 4.35. The number of esters is 1. The summed E-state index contributed by atoms with van der Waals surface area (Å²) in [5, 5.41) is 11.7. The van der Waals surface area contributed by atoms with Crippen molar-refractivity contribution in [2.45, 2.75) is 25.9 Å². The lowest BCUT2D eigenvalue weighted by atomic mass is 10.2. The van der Waals surface area contributed by atoms with Gasteiger partial charge in [-0.15, -0.1) is 0 Å². The number of carbonyl (C=O) groups is 2. The van der Waals surface area contributed by atoms with Crippen LogP contribution >= 0.6 is 24.4 Å². The number of amides is 1. The minimum Gasteiger partial charge on any atom is -0.468 e. The van der Waals surface area contributed by atoms with Crippen LogP contribution in [0.4, 0.5) is 0 Å². The molecule has 0 aliphatic rings. The van der Waals surface area contributed by atoms with Crippen molar-refractivity contribution in [2.75, 3.05) is 31.4 Å². The molecule has 1 atom stereocenters. The molecule has 2 N–H and O–H groups in total. The van der Waals surface area contributed by atoms with Crippen LogP contribution in [-0.2, 0) is 14.3 Å². The molecule has 5 nitrogen and oxygen atoms in total. The Kier molecular flexibility index (Phi) is 17.7. The molecule has 0 radical (unpaired) electrons. The Morgan fingerprint density at radius 1 is 1.50 bits per heavy atom. The third kappa shape index (κ3) is 17.3. The summed E-state index contributed by atoms with van der Waals surface area (Å²) in [4.78, 5) is 21.9. The number of methoxy groups -OCH3 is 1. The molecule has 0 aliphatic carbocycles. The number of hydrogen-bond acceptors (Lipinski definition) is 6. The van der Waals surface area contributed by atoms with E-state index >= 15 is 0 Å². The number of aliphatic hydroxyl groups excluding tert-OH is 1. The molecule has 0 fully saturated rings. The third-order valence-electron chi connectivity index (χ3n) is 1.99. The van der Waals surface area contributed by atoms with Crippen LogP contribution in [0.3, 0.4) is 0 Å². The van der Waals surface area contributed by atoms with Gasteiger partial charge in [-0.1, -0.05) is 19.1 Å². The Morgan fingerprint density at radius 2 is 2.10 bits per heavy atom. The number of aliphatic hydroxyl groups is 1. The van der Waals surface area contributed by atoms with Crippen molar-refractivity contribution in [3.05, 3.63) is 12.2 Å². The van der Waals surface area contributed by atoms with Crippen LogP contribution < -0.4 is 5.32 Å². The van der Waals surface area contributed by atoms with E-state index in [0.717, 1.165) is 6.42 Å². The minimum atomic E-state index is -0.836. The average Bonchev–Trinajstić information content (AvgIpc) is 2.45. The van der Waals surface area contributed by atoms with E-state index < -0.39 is 18.0 Å². The van der Waals surface area contributed by atoms with E-state index in [0.29, 0.717) is 5.75 Å². The van der Waals surface area contributed by atoms with Crippen LogP contribution in [0, 0.1) is 0 Å². The molecular weight excluding hydrogens is 298 g/mol. The van der Waals surface area contributed by atoms with Gasteiger partial charge in [0.2, 0.25) is 5.91 Å². The first kappa shape index (κ1) is 21.6. The van der Waals surface area contributed by atoms with Gasteiger partial charge in [-0.25, -0.2) is 0 Å². The van der Waals surface area contributed by atoms with Crippen LogP contribution in [0.5, 0.6) is 0 Å². The summed E-state index contributed by atoms with van der Waals surface area (Å²) in [6.07, 6.45) is 5.22. The number of rotatable bonds is 8. The van der Waals surface area contributed by atoms with Gasteiger partial charge < -0.3 is 15.2 Å². The van der Waals surface area contributed by atoms with Crippen molar-refractivity contribution in [3.8, 4) is 0 Å². The van der Waals surface area contributed by atoms with Gasteiger partial charge in [0.1, 0.15) is 6.54 Å². The fraction of sp³-hybridized carbons (Fsp3) is 0.692. The monoisotopic (exact) mass is 323 g/mol. The quantitative estimate of drug-likeness (QED) is 0.356. The molecular formula is C13H25NO4S2. The average molecular weight is 323 g/mol. The molecule has 0 bridgehead atoms. The number of nitrogens with one attached hydrogen (secondary N) is 1. The molecule has 0 aromatic rings. The van der Waals surface area contributed by atoms with Crippen molar-refractivity contribution < 1.29 is 19.4 Å². The van der Waals surface area contributed by atoms with Crippen molar-refractivity contribution in [3.63, 3.8) is 0 Å². The Morgan fingerprint density at radius 3 is 2.55 bits per heavy atom. The summed E-state index contributed by atoms with van der Waals surface area (Å²) in [6, 6.07) is 0. The van der Waals surface area contributed by atoms with Gasteiger partial charge in [0.25, 0.3) is 0 Å². The van der Waals surface area contributed by atoms with Gasteiger partial charge >= 0.3 is 5.97 Å². The lowest BCUT2D eigenvalue weighted by molar-refractivity contribution is -0.141. The van der Waals surface area contributed by atoms with Gasteiger partial charge in [-0.3, -0.25) is 9.59 Å². The van der Waals surface area contributed by atoms with Gasteiger partial charge in [-0.05, 0) is 24.2 Å². The second kappa shape index (κ2) is 16.4. The zero-order chi connectivity index (χ0) is 15.8. The highest BCUT2D eigenvalue weighted by molar-refractivity contribution is 7.98. The number of thioether (sulfide) groups is 1. The molecule has 20 heavy (non-hydrogen) atoms. The topological polar surface area (TPSA) is 75.6 Å². The largest absolute Gasteiger partial charge is 0.468 e. The van der Waals surface area contributed by atoms with E-state index in [2.05, 4.69) is 35.9 Å². The van der Waals surface area contributed by atoms with Crippen LogP contribution in [0.2, 0.25) is 0 Å².